The Labute approximate surface area is 222 Å². The predicted molar refractivity (Wildman–Crippen MR) is 142 cm³/mol. The maximum atomic E-state index is 7.23. The molecule has 2 atom stereocenters. The molecule has 2 fully saturated rings. The van der Waals surface area contributed by atoms with E-state index in [4.69, 9.17) is 33.2 Å². The molecule has 6 heteroatoms. The van der Waals surface area contributed by atoms with Gasteiger partial charge in [-0.1, -0.05) is 0 Å². The van der Waals surface area contributed by atoms with E-state index in [1.807, 2.05) is 0 Å². The first-order valence-electron chi connectivity index (χ1n) is 11.5. The number of nitrogens with zero attached hydrogens (tertiary/aromatic N) is 2. The summed E-state index contributed by atoms with van der Waals surface area (Å²) >= 11 is 13.8. The Balaban J connectivity index is 1.58. The molecule has 0 spiro atoms. The Morgan fingerprint density at radius 3 is 1.41 bits per heavy atom. The summed E-state index contributed by atoms with van der Waals surface area (Å²) < 4.78 is 2.16. The van der Waals surface area contributed by atoms with Crippen LogP contribution in [-0.2, 0) is 0 Å². The van der Waals surface area contributed by atoms with Crippen LogP contribution in [0.3, 0.4) is 0 Å². The molecule has 32 heavy (non-hydrogen) atoms. The topological polar surface area (TPSA) is 24.7 Å². The second-order valence-corrected chi connectivity index (χ2v) is 18.9. The summed E-state index contributed by atoms with van der Waals surface area (Å²) in [5.41, 5.74) is 4.56. The van der Waals surface area contributed by atoms with Crippen LogP contribution in [0.1, 0.15) is 49.7 Å². The van der Waals surface area contributed by atoms with Crippen LogP contribution < -0.4 is 0 Å². The van der Waals surface area contributed by atoms with E-state index in [0.29, 0.717) is 13.1 Å². The fourth-order valence-electron chi connectivity index (χ4n) is 4.26. The molecule has 2 nitrogen and oxygen atoms in total. The number of alkyl halides is 2. The van der Waals surface area contributed by atoms with Crippen LogP contribution in [-0.4, -0.2) is 72.2 Å². The summed E-state index contributed by atoms with van der Waals surface area (Å²) in [6.07, 6.45) is 7.17. The van der Waals surface area contributed by atoms with Gasteiger partial charge in [0.15, 0.2) is 0 Å². The van der Waals surface area contributed by atoms with Crippen LogP contribution in [0.5, 0.6) is 0 Å². The molecule has 2 aliphatic heterocycles. The van der Waals surface area contributed by atoms with Crippen molar-refractivity contribution in [2.75, 3.05) is 13.1 Å². The third kappa shape index (κ3) is 6.33. The van der Waals surface area contributed by atoms with Crippen LogP contribution in [0.15, 0.2) is 70.6 Å². The first-order valence-corrected chi connectivity index (χ1v) is 17.9. The summed E-state index contributed by atoms with van der Waals surface area (Å²) in [6.45, 7) is 1.32. The maximum absolute atomic E-state index is 7.23. The molecule has 2 unspecified atom stereocenters. The molecular weight excluding hydrogens is 666 g/mol. The average molecular weight is 697 g/mol. The molecule has 170 valence electrons. The number of halogens is 2. The molecule has 2 aromatic rings. The van der Waals surface area contributed by atoms with Gasteiger partial charge in [0.2, 0.25) is 0 Å². The third-order valence-electron chi connectivity index (χ3n) is 5.89. The van der Waals surface area contributed by atoms with Crippen molar-refractivity contribution in [3.63, 3.8) is 0 Å². The minimum atomic E-state index is -0.310. The van der Waals surface area contributed by atoms with Gasteiger partial charge in [0.25, 0.3) is 0 Å². The standard InChI is InChI=1S/C26H30Cl2N2Te2/c27-25(15-7-9-19-31-25)23(21-11-3-1-4-12-21)29-17-18-30-24(22-13-5-2-6-14-22)26(28)16-8-10-20-32-26/h1-6,11-14H,7-10,15-20H2. The quantitative estimate of drug-likeness (QED) is 0.138. The van der Waals surface area contributed by atoms with Gasteiger partial charge in [-0.05, 0) is 0 Å². The molecule has 0 saturated carbocycles. The molecule has 0 radical (unpaired) electrons. The Hall–Kier alpha value is -0.0608. The van der Waals surface area contributed by atoms with Gasteiger partial charge in [0, 0.05) is 0 Å². The Kier molecular flexibility index (Phi) is 9.44. The van der Waals surface area contributed by atoms with E-state index < -0.39 is 0 Å². The zero-order chi connectivity index (χ0) is 22.3. The molecule has 2 saturated heterocycles. The molecule has 2 aliphatic rings. The summed E-state index contributed by atoms with van der Waals surface area (Å²) in [6, 6.07) is 21.1. The first kappa shape index (κ1) is 25.0. The predicted octanol–water partition coefficient (Wildman–Crippen LogP) is 6.45. The van der Waals surface area contributed by atoms with Gasteiger partial charge in [0.1, 0.15) is 0 Å². The second kappa shape index (κ2) is 12.1. The molecule has 2 aromatic carbocycles. The first-order chi connectivity index (χ1) is 15.6. The Bertz CT molecular complexity index is 842. The van der Waals surface area contributed by atoms with Gasteiger partial charge in [0.05, 0.1) is 0 Å². The summed E-state index contributed by atoms with van der Waals surface area (Å²) in [7, 11) is 0. The van der Waals surface area contributed by atoms with E-state index in [1.165, 1.54) is 45.7 Å². The molecule has 0 amide bonds. The normalized spacial score (nSPS) is 27.3. The van der Waals surface area contributed by atoms with Crippen molar-refractivity contribution in [3.8, 4) is 0 Å². The molecule has 0 aromatic heterocycles. The summed E-state index contributed by atoms with van der Waals surface area (Å²) in [5, 5.41) is 0. The number of rotatable bonds is 7. The van der Waals surface area contributed by atoms with Crippen molar-refractivity contribution in [2.24, 2.45) is 9.98 Å². The molecule has 4 rings (SSSR count). The van der Waals surface area contributed by atoms with Crippen molar-refractivity contribution >= 4 is 76.5 Å². The number of hydrogen-bond donors (Lipinski definition) is 0. The minimum absolute atomic E-state index is 0.222. The zero-order valence-corrected chi connectivity index (χ0v) is 24.5. The number of hydrogen-bond acceptors (Lipinski definition) is 2. The number of benzene rings is 2. The van der Waals surface area contributed by atoms with Gasteiger partial charge in [-0.15, -0.1) is 0 Å². The van der Waals surface area contributed by atoms with E-state index in [0.717, 1.165) is 24.3 Å². The Morgan fingerprint density at radius 1 is 0.656 bits per heavy atom. The fourth-order valence-corrected chi connectivity index (χ4v) is 13.2. The monoisotopic (exact) mass is 700 g/mol. The van der Waals surface area contributed by atoms with Crippen LogP contribution in [0, 0.1) is 0 Å². The molecule has 2 heterocycles. The van der Waals surface area contributed by atoms with Crippen LogP contribution >= 0.6 is 23.2 Å². The molecular formula is C26H30Cl2N2Te2. The van der Waals surface area contributed by atoms with Gasteiger partial charge >= 0.3 is 225 Å². The van der Waals surface area contributed by atoms with Crippen molar-refractivity contribution in [2.45, 2.75) is 53.3 Å². The van der Waals surface area contributed by atoms with Gasteiger partial charge in [-0.2, -0.15) is 0 Å². The van der Waals surface area contributed by atoms with Crippen molar-refractivity contribution in [1.82, 2.24) is 0 Å². The van der Waals surface area contributed by atoms with Crippen molar-refractivity contribution in [1.29, 1.82) is 0 Å². The molecule has 0 aliphatic carbocycles. The van der Waals surface area contributed by atoms with Crippen molar-refractivity contribution in [3.05, 3.63) is 71.8 Å². The van der Waals surface area contributed by atoms with Gasteiger partial charge < -0.3 is 0 Å². The average Bonchev–Trinajstić information content (AvgIpc) is 2.83. The fraction of sp³-hybridized carbons (Fsp3) is 0.462. The van der Waals surface area contributed by atoms with Crippen molar-refractivity contribution < 1.29 is 0 Å². The molecule has 0 bridgehead atoms. The Morgan fingerprint density at radius 2 is 1.06 bits per heavy atom. The van der Waals surface area contributed by atoms with Gasteiger partial charge in [-0.3, -0.25) is 0 Å². The summed E-state index contributed by atoms with van der Waals surface area (Å²) in [5.74, 6) is 0. The third-order valence-corrected chi connectivity index (χ3v) is 15.8. The van der Waals surface area contributed by atoms with E-state index in [2.05, 4.69) is 60.7 Å². The second-order valence-electron chi connectivity index (χ2n) is 8.26. The van der Waals surface area contributed by atoms with Gasteiger partial charge in [-0.25, -0.2) is 0 Å². The summed E-state index contributed by atoms with van der Waals surface area (Å²) in [4.78, 5) is 10.2. The van der Waals surface area contributed by atoms with E-state index >= 15 is 0 Å². The van der Waals surface area contributed by atoms with E-state index in [1.54, 1.807) is 0 Å². The SMILES string of the molecule is ClC1(C(=NCCN=C(c2ccccc2)C2(Cl)CCCC[Te]2)c2ccccc2)CCCC[Te]1. The van der Waals surface area contributed by atoms with Crippen LogP contribution in [0.25, 0.3) is 0 Å². The zero-order valence-electron chi connectivity index (χ0n) is 18.3. The number of aliphatic imine (C=N–C) groups is 2. The van der Waals surface area contributed by atoms with E-state index in [9.17, 15) is 0 Å². The van der Waals surface area contributed by atoms with Crippen LogP contribution in [0.2, 0.25) is 8.94 Å². The van der Waals surface area contributed by atoms with E-state index in [-0.39, 0.29) is 47.7 Å². The van der Waals surface area contributed by atoms with Crippen LogP contribution in [0.4, 0.5) is 0 Å². The molecule has 0 N–H and O–H groups in total.